The second kappa shape index (κ2) is 5.56. The SMILES string of the molecule is CNc1nc(NCC2(O)CCCC2)nc(N(C)C)n1. The Hall–Kier alpha value is -1.63. The van der Waals surface area contributed by atoms with Crippen LogP contribution in [-0.4, -0.2) is 53.3 Å². The summed E-state index contributed by atoms with van der Waals surface area (Å²) in [6.07, 6.45) is 3.84. The number of hydrogen-bond acceptors (Lipinski definition) is 7. The number of hydrogen-bond donors (Lipinski definition) is 3. The maximum atomic E-state index is 10.3. The highest BCUT2D eigenvalue weighted by atomic mass is 16.3. The summed E-state index contributed by atoms with van der Waals surface area (Å²) in [5.74, 6) is 1.59. The number of anilines is 3. The molecule has 1 fully saturated rings. The molecule has 0 spiro atoms. The number of aliphatic hydroxyl groups is 1. The van der Waals surface area contributed by atoms with Crippen LogP contribution in [-0.2, 0) is 0 Å². The van der Waals surface area contributed by atoms with Gasteiger partial charge >= 0.3 is 0 Å². The Morgan fingerprint density at radius 2 is 1.79 bits per heavy atom. The molecule has 0 aliphatic heterocycles. The second-order valence-electron chi connectivity index (χ2n) is 5.21. The van der Waals surface area contributed by atoms with Crippen LogP contribution in [0.4, 0.5) is 17.8 Å². The molecular formula is C12H22N6O. The van der Waals surface area contributed by atoms with Crippen molar-refractivity contribution in [1.29, 1.82) is 0 Å². The van der Waals surface area contributed by atoms with E-state index in [0.717, 1.165) is 25.7 Å². The van der Waals surface area contributed by atoms with E-state index >= 15 is 0 Å². The third kappa shape index (κ3) is 3.44. The van der Waals surface area contributed by atoms with Crippen molar-refractivity contribution in [1.82, 2.24) is 15.0 Å². The van der Waals surface area contributed by atoms with Crippen molar-refractivity contribution < 1.29 is 5.11 Å². The standard InChI is InChI=1S/C12H22N6O/c1-13-9-15-10(17-11(16-9)18(2)3)14-8-12(19)6-4-5-7-12/h19H,4-8H2,1-3H3,(H2,13,14,15,16,17). The fourth-order valence-corrected chi connectivity index (χ4v) is 2.21. The Morgan fingerprint density at radius 3 is 2.37 bits per heavy atom. The molecule has 1 saturated carbocycles. The van der Waals surface area contributed by atoms with Gasteiger partial charge in [0, 0.05) is 27.7 Å². The van der Waals surface area contributed by atoms with Crippen LogP contribution in [0.15, 0.2) is 0 Å². The fourth-order valence-electron chi connectivity index (χ4n) is 2.21. The van der Waals surface area contributed by atoms with E-state index in [1.165, 1.54) is 0 Å². The Morgan fingerprint density at radius 1 is 1.16 bits per heavy atom. The minimum Gasteiger partial charge on any atom is -0.388 e. The van der Waals surface area contributed by atoms with Crippen LogP contribution >= 0.6 is 0 Å². The number of aromatic nitrogens is 3. The molecular weight excluding hydrogens is 244 g/mol. The lowest BCUT2D eigenvalue weighted by atomic mass is 10.0. The van der Waals surface area contributed by atoms with E-state index < -0.39 is 5.60 Å². The quantitative estimate of drug-likeness (QED) is 0.723. The average molecular weight is 266 g/mol. The van der Waals surface area contributed by atoms with Gasteiger partial charge in [0.05, 0.1) is 5.60 Å². The summed E-state index contributed by atoms with van der Waals surface area (Å²) in [5, 5.41) is 16.3. The molecule has 0 atom stereocenters. The summed E-state index contributed by atoms with van der Waals surface area (Å²) < 4.78 is 0. The molecule has 0 bridgehead atoms. The van der Waals surface area contributed by atoms with Gasteiger partial charge in [0.15, 0.2) is 0 Å². The van der Waals surface area contributed by atoms with E-state index in [-0.39, 0.29) is 0 Å². The van der Waals surface area contributed by atoms with Gasteiger partial charge in [-0.15, -0.1) is 0 Å². The summed E-state index contributed by atoms with van der Waals surface area (Å²) in [4.78, 5) is 14.6. The van der Waals surface area contributed by atoms with E-state index in [1.54, 1.807) is 7.05 Å². The summed E-state index contributed by atoms with van der Waals surface area (Å²) in [6.45, 7) is 0.479. The molecule has 2 rings (SSSR count). The van der Waals surface area contributed by atoms with Crippen molar-refractivity contribution in [2.45, 2.75) is 31.3 Å². The molecule has 3 N–H and O–H groups in total. The summed E-state index contributed by atoms with van der Waals surface area (Å²) >= 11 is 0. The summed E-state index contributed by atoms with van der Waals surface area (Å²) in [6, 6.07) is 0. The predicted molar refractivity (Wildman–Crippen MR) is 75.6 cm³/mol. The monoisotopic (exact) mass is 266 g/mol. The van der Waals surface area contributed by atoms with Crippen molar-refractivity contribution in [3.8, 4) is 0 Å². The summed E-state index contributed by atoms with van der Waals surface area (Å²) in [7, 11) is 5.52. The third-order valence-electron chi connectivity index (χ3n) is 3.36. The second-order valence-corrected chi connectivity index (χ2v) is 5.21. The van der Waals surface area contributed by atoms with Crippen LogP contribution in [0.2, 0.25) is 0 Å². The van der Waals surface area contributed by atoms with Crippen LogP contribution in [0, 0.1) is 0 Å². The number of rotatable bonds is 5. The van der Waals surface area contributed by atoms with E-state index in [4.69, 9.17) is 0 Å². The highest BCUT2D eigenvalue weighted by molar-refractivity contribution is 5.42. The number of nitrogens with one attached hydrogen (secondary N) is 2. The lowest BCUT2D eigenvalue weighted by molar-refractivity contribution is 0.0613. The Kier molecular flexibility index (Phi) is 4.04. The molecule has 0 aromatic carbocycles. The molecule has 0 amide bonds. The molecule has 1 aromatic rings. The Balaban J connectivity index is 2.08. The van der Waals surface area contributed by atoms with E-state index in [2.05, 4.69) is 25.6 Å². The van der Waals surface area contributed by atoms with Crippen LogP contribution < -0.4 is 15.5 Å². The van der Waals surface area contributed by atoms with E-state index in [1.807, 2.05) is 19.0 Å². The van der Waals surface area contributed by atoms with Gasteiger partial charge in [-0.3, -0.25) is 0 Å². The normalized spacial score (nSPS) is 17.3. The predicted octanol–water partition coefficient (Wildman–Crippen LogP) is 0.696. The molecule has 0 radical (unpaired) electrons. The van der Waals surface area contributed by atoms with Gasteiger partial charge in [0.1, 0.15) is 0 Å². The Labute approximate surface area is 113 Å². The van der Waals surface area contributed by atoms with Crippen LogP contribution in [0.5, 0.6) is 0 Å². The first-order valence-corrected chi connectivity index (χ1v) is 6.60. The van der Waals surface area contributed by atoms with Crippen molar-refractivity contribution in [3.63, 3.8) is 0 Å². The molecule has 0 saturated heterocycles. The smallest absolute Gasteiger partial charge is 0.231 e. The van der Waals surface area contributed by atoms with Crippen LogP contribution in [0.25, 0.3) is 0 Å². The van der Waals surface area contributed by atoms with Crippen molar-refractivity contribution in [2.75, 3.05) is 43.2 Å². The maximum Gasteiger partial charge on any atom is 0.231 e. The average Bonchev–Trinajstić information content (AvgIpc) is 2.83. The molecule has 1 aliphatic carbocycles. The first-order valence-electron chi connectivity index (χ1n) is 6.60. The maximum absolute atomic E-state index is 10.3. The molecule has 106 valence electrons. The van der Waals surface area contributed by atoms with Crippen molar-refractivity contribution >= 4 is 17.8 Å². The zero-order valence-electron chi connectivity index (χ0n) is 11.8. The molecule has 7 heteroatoms. The zero-order chi connectivity index (χ0) is 13.9. The Bertz CT molecular complexity index is 430. The first kappa shape index (κ1) is 13.8. The zero-order valence-corrected chi connectivity index (χ0v) is 11.8. The molecule has 1 aromatic heterocycles. The summed E-state index contributed by atoms with van der Waals surface area (Å²) in [5.41, 5.74) is -0.620. The largest absolute Gasteiger partial charge is 0.388 e. The molecule has 1 heterocycles. The van der Waals surface area contributed by atoms with Gasteiger partial charge in [-0.1, -0.05) is 12.8 Å². The first-order chi connectivity index (χ1) is 9.02. The van der Waals surface area contributed by atoms with Crippen molar-refractivity contribution in [3.05, 3.63) is 0 Å². The molecule has 19 heavy (non-hydrogen) atoms. The van der Waals surface area contributed by atoms with Gasteiger partial charge in [0.25, 0.3) is 0 Å². The topological polar surface area (TPSA) is 86.2 Å². The fraction of sp³-hybridized carbons (Fsp3) is 0.750. The lowest BCUT2D eigenvalue weighted by Gasteiger charge is -2.22. The molecule has 7 nitrogen and oxygen atoms in total. The van der Waals surface area contributed by atoms with Gasteiger partial charge < -0.3 is 20.6 Å². The van der Waals surface area contributed by atoms with Gasteiger partial charge in [-0.05, 0) is 12.8 Å². The lowest BCUT2D eigenvalue weighted by Crippen LogP contribution is -2.34. The highest BCUT2D eigenvalue weighted by Crippen LogP contribution is 2.29. The number of nitrogens with zero attached hydrogens (tertiary/aromatic N) is 4. The minimum atomic E-state index is -0.620. The third-order valence-corrected chi connectivity index (χ3v) is 3.36. The van der Waals surface area contributed by atoms with Gasteiger partial charge in [-0.2, -0.15) is 15.0 Å². The molecule has 1 aliphatic rings. The minimum absolute atomic E-state index is 0.479. The van der Waals surface area contributed by atoms with Crippen LogP contribution in [0.3, 0.4) is 0 Å². The van der Waals surface area contributed by atoms with Gasteiger partial charge in [0.2, 0.25) is 17.8 Å². The van der Waals surface area contributed by atoms with E-state index in [9.17, 15) is 5.11 Å². The molecule has 0 unspecified atom stereocenters. The van der Waals surface area contributed by atoms with Crippen LogP contribution in [0.1, 0.15) is 25.7 Å². The van der Waals surface area contributed by atoms with E-state index in [0.29, 0.717) is 24.4 Å². The van der Waals surface area contributed by atoms with Gasteiger partial charge in [-0.25, -0.2) is 0 Å². The van der Waals surface area contributed by atoms with Crippen molar-refractivity contribution in [2.24, 2.45) is 0 Å². The highest BCUT2D eigenvalue weighted by Gasteiger charge is 2.31.